The second-order valence-electron chi connectivity index (χ2n) is 6.77. The van der Waals surface area contributed by atoms with Crippen molar-refractivity contribution in [2.75, 3.05) is 44.2 Å². The second kappa shape index (κ2) is 9.34. The van der Waals surface area contributed by atoms with Crippen LogP contribution in [0.15, 0.2) is 54.7 Å². The number of anilines is 1. The summed E-state index contributed by atoms with van der Waals surface area (Å²) in [5.41, 5.74) is 1.29. The summed E-state index contributed by atoms with van der Waals surface area (Å²) in [7, 11) is 0. The Morgan fingerprint density at radius 1 is 1.08 bits per heavy atom. The third kappa shape index (κ3) is 5.05. The van der Waals surface area contributed by atoms with Crippen molar-refractivity contribution in [3.63, 3.8) is 0 Å². The Kier molecular flexibility index (Phi) is 6.61. The van der Waals surface area contributed by atoms with Gasteiger partial charge in [-0.1, -0.05) is 43.3 Å². The Labute approximate surface area is 156 Å². The summed E-state index contributed by atoms with van der Waals surface area (Å²) in [5.74, 6) is 1.51. The van der Waals surface area contributed by atoms with Gasteiger partial charge in [-0.3, -0.25) is 9.69 Å². The van der Waals surface area contributed by atoms with Crippen molar-refractivity contribution < 1.29 is 4.79 Å². The van der Waals surface area contributed by atoms with E-state index in [1.807, 2.05) is 30.5 Å². The maximum atomic E-state index is 12.3. The number of nitrogens with one attached hydrogen (secondary N) is 1. The zero-order valence-corrected chi connectivity index (χ0v) is 15.5. The fourth-order valence-corrected chi connectivity index (χ4v) is 3.40. The molecule has 1 atom stereocenters. The standard InChI is InChI=1S/C21H28N4O/c1-2-18(19-8-4-3-5-9-19)16-23-21(26)17-24-12-14-25(15-13-24)20-10-6-7-11-22-20/h3-11,18H,2,12-17H2,1H3,(H,23,26)/t18-/m0/s1. The number of carbonyl (C=O) groups excluding carboxylic acids is 1. The predicted molar refractivity (Wildman–Crippen MR) is 105 cm³/mol. The molecule has 0 saturated carbocycles. The number of piperazine rings is 1. The molecule has 1 fully saturated rings. The van der Waals surface area contributed by atoms with Gasteiger partial charge in [-0.25, -0.2) is 4.98 Å². The molecule has 26 heavy (non-hydrogen) atoms. The van der Waals surface area contributed by atoms with Crippen molar-refractivity contribution in [2.45, 2.75) is 19.3 Å². The van der Waals surface area contributed by atoms with Gasteiger partial charge in [0.1, 0.15) is 5.82 Å². The van der Waals surface area contributed by atoms with Crippen LogP contribution in [0.1, 0.15) is 24.8 Å². The Hall–Kier alpha value is -2.40. The van der Waals surface area contributed by atoms with Gasteiger partial charge < -0.3 is 10.2 Å². The summed E-state index contributed by atoms with van der Waals surface area (Å²) >= 11 is 0. The van der Waals surface area contributed by atoms with Gasteiger partial charge in [0, 0.05) is 44.8 Å². The minimum atomic E-state index is 0.116. The summed E-state index contributed by atoms with van der Waals surface area (Å²) in [6, 6.07) is 16.4. The van der Waals surface area contributed by atoms with E-state index in [0.717, 1.165) is 38.4 Å². The maximum absolute atomic E-state index is 12.3. The molecule has 2 heterocycles. The molecule has 0 radical (unpaired) electrons. The predicted octanol–water partition coefficient (Wildman–Crippen LogP) is 2.51. The number of benzene rings is 1. The molecule has 0 unspecified atom stereocenters. The van der Waals surface area contributed by atoms with E-state index >= 15 is 0 Å². The number of aromatic nitrogens is 1. The Bertz CT molecular complexity index is 669. The molecule has 1 aromatic carbocycles. The van der Waals surface area contributed by atoms with Gasteiger partial charge in [0.25, 0.3) is 0 Å². The molecule has 1 aliphatic rings. The number of amides is 1. The Morgan fingerprint density at radius 2 is 1.81 bits per heavy atom. The molecule has 1 aliphatic heterocycles. The number of hydrogen-bond donors (Lipinski definition) is 1. The van der Waals surface area contributed by atoms with E-state index in [1.165, 1.54) is 5.56 Å². The first kappa shape index (κ1) is 18.4. The van der Waals surface area contributed by atoms with Gasteiger partial charge in [-0.2, -0.15) is 0 Å². The van der Waals surface area contributed by atoms with Crippen molar-refractivity contribution in [2.24, 2.45) is 0 Å². The lowest BCUT2D eigenvalue weighted by Crippen LogP contribution is -2.50. The fraction of sp³-hybridized carbons (Fsp3) is 0.429. The van der Waals surface area contributed by atoms with E-state index in [4.69, 9.17) is 0 Å². The number of rotatable bonds is 7. The van der Waals surface area contributed by atoms with Crippen LogP contribution in [0, 0.1) is 0 Å². The van der Waals surface area contributed by atoms with Crippen LogP contribution in [0.3, 0.4) is 0 Å². The molecule has 5 nitrogen and oxygen atoms in total. The number of carbonyl (C=O) groups is 1. The zero-order chi connectivity index (χ0) is 18.2. The van der Waals surface area contributed by atoms with Crippen LogP contribution < -0.4 is 10.2 Å². The van der Waals surface area contributed by atoms with Crippen LogP contribution in [0.5, 0.6) is 0 Å². The Balaban J connectivity index is 1.41. The fourth-order valence-electron chi connectivity index (χ4n) is 3.40. The van der Waals surface area contributed by atoms with Crippen LogP contribution in [0.4, 0.5) is 5.82 Å². The molecular weight excluding hydrogens is 324 g/mol. The summed E-state index contributed by atoms with van der Waals surface area (Å²) in [5, 5.41) is 3.12. The summed E-state index contributed by atoms with van der Waals surface area (Å²) < 4.78 is 0. The lowest BCUT2D eigenvalue weighted by molar-refractivity contribution is -0.122. The highest BCUT2D eigenvalue weighted by Gasteiger charge is 2.20. The highest BCUT2D eigenvalue weighted by Crippen LogP contribution is 2.18. The first-order valence-electron chi connectivity index (χ1n) is 9.46. The molecule has 138 valence electrons. The van der Waals surface area contributed by atoms with Crippen LogP contribution in [-0.2, 0) is 4.79 Å². The Morgan fingerprint density at radius 3 is 2.46 bits per heavy atom. The molecule has 1 N–H and O–H groups in total. The SMILES string of the molecule is CC[C@@H](CNC(=O)CN1CCN(c2ccccn2)CC1)c1ccccc1. The first-order chi connectivity index (χ1) is 12.8. The van der Waals surface area contributed by atoms with Crippen molar-refractivity contribution >= 4 is 11.7 Å². The van der Waals surface area contributed by atoms with E-state index in [9.17, 15) is 4.79 Å². The van der Waals surface area contributed by atoms with Gasteiger partial charge >= 0.3 is 0 Å². The van der Waals surface area contributed by atoms with Crippen molar-refractivity contribution in [3.05, 3.63) is 60.3 Å². The molecule has 2 aromatic rings. The highest BCUT2D eigenvalue weighted by atomic mass is 16.2. The van der Waals surface area contributed by atoms with Crippen molar-refractivity contribution in [1.82, 2.24) is 15.2 Å². The third-order valence-electron chi connectivity index (χ3n) is 5.02. The highest BCUT2D eigenvalue weighted by molar-refractivity contribution is 5.78. The second-order valence-corrected chi connectivity index (χ2v) is 6.77. The zero-order valence-electron chi connectivity index (χ0n) is 15.5. The van der Waals surface area contributed by atoms with Crippen molar-refractivity contribution in [1.29, 1.82) is 0 Å². The topological polar surface area (TPSA) is 48.5 Å². The number of nitrogens with zero attached hydrogens (tertiary/aromatic N) is 3. The molecule has 1 saturated heterocycles. The van der Waals surface area contributed by atoms with Crippen LogP contribution in [0.2, 0.25) is 0 Å². The maximum Gasteiger partial charge on any atom is 0.234 e. The minimum absolute atomic E-state index is 0.116. The molecule has 1 aromatic heterocycles. The summed E-state index contributed by atoms with van der Waals surface area (Å²) in [6.45, 7) is 6.94. The first-order valence-corrected chi connectivity index (χ1v) is 9.46. The molecule has 1 amide bonds. The number of pyridine rings is 1. The van der Waals surface area contributed by atoms with Gasteiger partial charge in [0.05, 0.1) is 6.54 Å². The average molecular weight is 352 g/mol. The normalized spacial score (nSPS) is 16.3. The van der Waals surface area contributed by atoms with Gasteiger partial charge in [-0.05, 0) is 24.1 Å². The largest absolute Gasteiger partial charge is 0.354 e. The van der Waals surface area contributed by atoms with E-state index in [-0.39, 0.29) is 5.91 Å². The monoisotopic (exact) mass is 352 g/mol. The van der Waals surface area contributed by atoms with Crippen molar-refractivity contribution in [3.8, 4) is 0 Å². The third-order valence-corrected chi connectivity index (χ3v) is 5.02. The quantitative estimate of drug-likeness (QED) is 0.832. The van der Waals surface area contributed by atoms with E-state index < -0.39 is 0 Å². The average Bonchev–Trinajstić information content (AvgIpc) is 2.70. The summed E-state index contributed by atoms with van der Waals surface area (Å²) in [4.78, 5) is 21.2. The summed E-state index contributed by atoms with van der Waals surface area (Å²) in [6.07, 6.45) is 2.85. The van der Waals surface area contributed by atoms with Gasteiger partial charge in [-0.15, -0.1) is 0 Å². The molecule has 0 spiro atoms. The van der Waals surface area contributed by atoms with Gasteiger partial charge in [0.15, 0.2) is 0 Å². The van der Waals surface area contributed by atoms with Crippen LogP contribution in [0.25, 0.3) is 0 Å². The van der Waals surface area contributed by atoms with Crippen LogP contribution >= 0.6 is 0 Å². The smallest absolute Gasteiger partial charge is 0.234 e. The molecule has 0 bridgehead atoms. The molecule has 0 aliphatic carbocycles. The number of hydrogen-bond acceptors (Lipinski definition) is 4. The molecule has 5 heteroatoms. The van der Waals surface area contributed by atoms with Gasteiger partial charge in [0.2, 0.25) is 5.91 Å². The van der Waals surface area contributed by atoms with Crippen LogP contribution in [-0.4, -0.2) is 55.1 Å². The lowest BCUT2D eigenvalue weighted by Gasteiger charge is -2.35. The van der Waals surface area contributed by atoms with E-state index in [0.29, 0.717) is 19.0 Å². The van der Waals surface area contributed by atoms with E-state index in [2.05, 4.69) is 51.3 Å². The van der Waals surface area contributed by atoms with E-state index in [1.54, 1.807) is 0 Å². The molecule has 3 rings (SSSR count). The lowest BCUT2D eigenvalue weighted by atomic mass is 9.96. The molecular formula is C21H28N4O. The minimum Gasteiger partial charge on any atom is -0.354 e.